The first-order chi connectivity index (χ1) is 10.7. The Morgan fingerprint density at radius 3 is 2.39 bits per heavy atom. The summed E-state index contributed by atoms with van der Waals surface area (Å²) in [6.07, 6.45) is -0.924. The van der Waals surface area contributed by atoms with Crippen molar-refractivity contribution in [3.63, 3.8) is 0 Å². The highest BCUT2D eigenvalue weighted by Crippen LogP contribution is 2.17. The van der Waals surface area contributed by atoms with Crippen LogP contribution >= 0.6 is 0 Å². The SMILES string of the molecule is CCN(CC(=O)NC(C)C)C(=O)[C@H](C)Oc1ccc(F)c(F)c1. The van der Waals surface area contributed by atoms with Crippen molar-refractivity contribution < 1.29 is 23.1 Å². The summed E-state index contributed by atoms with van der Waals surface area (Å²) in [5, 5.41) is 2.70. The van der Waals surface area contributed by atoms with E-state index >= 15 is 0 Å². The smallest absolute Gasteiger partial charge is 0.263 e. The van der Waals surface area contributed by atoms with E-state index in [0.29, 0.717) is 6.54 Å². The summed E-state index contributed by atoms with van der Waals surface area (Å²) in [5.41, 5.74) is 0. The van der Waals surface area contributed by atoms with Gasteiger partial charge in [0.05, 0.1) is 6.54 Å². The first-order valence-corrected chi connectivity index (χ1v) is 7.44. The number of nitrogens with zero attached hydrogens (tertiary/aromatic N) is 1. The van der Waals surface area contributed by atoms with Gasteiger partial charge in [-0.15, -0.1) is 0 Å². The van der Waals surface area contributed by atoms with Crippen LogP contribution in [-0.2, 0) is 9.59 Å². The summed E-state index contributed by atoms with van der Waals surface area (Å²) >= 11 is 0. The third-order valence-corrected chi connectivity index (χ3v) is 3.03. The number of benzene rings is 1. The molecule has 1 rings (SSSR count). The maximum absolute atomic E-state index is 13.1. The molecule has 0 fully saturated rings. The van der Waals surface area contributed by atoms with E-state index in [1.54, 1.807) is 6.92 Å². The first kappa shape index (κ1) is 18.9. The molecule has 0 aliphatic rings. The van der Waals surface area contributed by atoms with Crippen LogP contribution < -0.4 is 10.1 Å². The molecule has 0 radical (unpaired) electrons. The molecule has 0 bridgehead atoms. The maximum Gasteiger partial charge on any atom is 0.263 e. The van der Waals surface area contributed by atoms with Gasteiger partial charge in [0.15, 0.2) is 17.7 Å². The lowest BCUT2D eigenvalue weighted by Crippen LogP contribution is -2.46. The van der Waals surface area contributed by atoms with Gasteiger partial charge in [-0.05, 0) is 39.8 Å². The zero-order valence-electron chi connectivity index (χ0n) is 13.7. The van der Waals surface area contributed by atoms with Crippen LogP contribution in [0.2, 0.25) is 0 Å². The predicted molar refractivity (Wildman–Crippen MR) is 82.0 cm³/mol. The Labute approximate surface area is 134 Å². The van der Waals surface area contributed by atoms with E-state index in [-0.39, 0.29) is 24.2 Å². The molecular weight excluding hydrogens is 306 g/mol. The van der Waals surface area contributed by atoms with E-state index in [1.807, 2.05) is 13.8 Å². The molecule has 0 saturated carbocycles. The minimum atomic E-state index is -1.05. The molecule has 5 nitrogen and oxygen atoms in total. The van der Waals surface area contributed by atoms with Gasteiger partial charge in [-0.25, -0.2) is 8.78 Å². The molecule has 0 saturated heterocycles. The lowest BCUT2D eigenvalue weighted by atomic mass is 10.3. The minimum absolute atomic E-state index is 0.0211. The first-order valence-electron chi connectivity index (χ1n) is 7.44. The van der Waals surface area contributed by atoms with E-state index in [2.05, 4.69) is 5.32 Å². The largest absolute Gasteiger partial charge is 0.481 e. The van der Waals surface area contributed by atoms with E-state index in [0.717, 1.165) is 12.1 Å². The monoisotopic (exact) mass is 328 g/mol. The number of ether oxygens (including phenoxy) is 1. The van der Waals surface area contributed by atoms with Crippen molar-refractivity contribution in [2.24, 2.45) is 0 Å². The van der Waals surface area contributed by atoms with Crippen LogP contribution in [0, 0.1) is 11.6 Å². The number of carbonyl (C=O) groups excluding carboxylic acids is 2. The number of halogens is 2. The van der Waals surface area contributed by atoms with Gasteiger partial charge in [-0.2, -0.15) is 0 Å². The second kappa shape index (κ2) is 8.45. The summed E-state index contributed by atoms with van der Waals surface area (Å²) in [4.78, 5) is 25.4. The third-order valence-electron chi connectivity index (χ3n) is 3.03. The highest BCUT2D eigenvalue weighted by atomic mass is 19.2. The third kappa shape index (κ3) is 5.84. The van der Waals surface area contributed by atoms with Gasteiger partial charge < -0.3 is 15.0 Å². The molecule has 0 aliphatic heterocycles. The van der Waals surface area contributed by atoms with Crippen LogP contribution in [0.1, 0.15) is 27.7 Å². The number of carbonyl (C=O) groups is 2. The zero-order valence-corrected chi connectivity index (χ0v) is 13.7. The molecule has 0 heterocycles. The summed E-state index contributed by atoms with van der Waals surface area (Å²) in [5.74, 6) is -2.67. The molecule has 2 amide bonds. The van der Waals surface area contributed by atoms with Crippen molar-refractivity contribution in [1.29, 1.82) is 0 Å². The molecule has 23 heavy (non-hydrogen) atoms. The molecule has 1 N–H and O–H groups in total. The fourth-order valence-electron chi connectivity index (χ4n) is 1.95. The second-order valence-corrected chi connectivity index (χ2v) is 5.41. The standard InChI is InChI=1S/C16H22F2N2O3/c1-5-20(9-15(21)19-10(2)3)16(22)11(4)23-12-6-7-13(17)14(18)8-12/h6-8,10-11H,5,9H2,1-4H3,(H,19,21)/t11-/m0/s1. The Hall–Kier alpha value is -2.18. The van der Waals surface area contributed by atoms with Gasteiger partial charge in [0.2, 0.25) is 5.91 Å². The van der Waals surface area contributed by atoms with Gasteiger partial charge in [0.25, 0.3) is 5.91 Å². The minimum Gasteiger partial charge on any atom is -0.481 e. The van der Waals surface area contributed by atoms with Crippen LogP contribution in [0.4, 0.5) is 8.78 Å². The predicted octanol–water partition coefficient (Wildman–Crippen LogP) is 2.11. The van der Waals surface area contributed by atoms with Gasteiger partial charge in [-0.1, -0.05) is 0 Å². The Bertz CT molecular complexity index is 564. The van der Waals surface area contributed by atoms with Gasteiger partial charge >= 0.3 is 0 Å². The molecule has 0 aliphatic carbocycles. The van der Waals surface area contributed by atoms with Crippen LogP contribution in [0.5, 0.6) is 5.75 Å². The highest BCUT2D eigenvalue weighted by molar-refractivity contribution is 5.87. The van der Waals surface area contributed by atoms with E-state index in [4.69, 9.17) is 4.74 Å². The van der Waals surface area contributed by atoms with Crippen molar-refractivity contribution in [2.45, 2.75) is 39.8 Å². The number of hydrogen-bond donors (Lipinski definition) is 1. The van der Waals surface area contributed by atoms with Gasteiger partial charge in [-0.3, -0.25) is 9.59 Å². The quantitative estimate of drug-likeness (QED) is 0.834. The topological polar surface area (TPSA) is 58.6 Å². The summed E-state index contributed by atoms with van der Waals surface area (Å²) in [7, 11) is 0. The normalized spacial score (nSPS) is 12.0. The van der Waals surface area contributed by atoms with Crippen molar-refractivity contribution in [1.82, 2.24) is 10.2 Å². The lowest BCUT2D eigenvalue weighted by Gasteiger charge is -2.24. The number of likely N-dealkylation sites (N-methyl/N-ethyl adjacent to an activating group) is 1. The Balaban J connectivity index is 2.68. The van der Waals surface area contributed by atoms with Crippen LogP contribution in [0.3, 0.4) is 0 Å². The molecule has 0 spiro atoms. The van der Waals surface area contributed by atoms with E-state index < -0.39 is 23.6 Å². The Morgan fingerprint density at radius 2 is 1.87 bits per heavy atom. The summed E-state index contributed by atoms with van der Waals surface area (Å²) < 4.78 is 31.3. The van der Waals surface area contributed by atoms with Crippen LogP contribution in [0.25, 0.3) is 0 Å². The van der Waals surface area contributed by atoms with E-state index in [9.17, 15) is 18.4 Å². The molecule has 1 aromatic rings. The van der Waals surface area contributed by atoms with E-state index in [1.165, 1.54) is 17.9 Å². The molecule has 128 valence electrons. The van der Waals surface area contributed by atoms with Gasteiger partial charge in [0, 0.05) is 18.7 Å². The molecule has 1 aromatic carbocycles. The average Bonchev–Trinajstić information content (AvgIpc) is 2.47. The molecule has 7 heteroatoms. The summed E-state index contributed by atoms with van der Waals surface area (Å²) in [6.45, 7) is 7.13. The number of hydrogen-bond acceptors (Lipinski definition) is 3. The number of amides is 2. The van der Waals surface area contributed by atoms with Crippen molar-refractivity contribution in [2.75, 3.05) is 13.1 Å². The van der Waals surface area contributed by atoms with Gasteiger partial charge in [0.1, 0.15) is 5.75 Å². The maximum atomic E-state index is 13.1. The van der Waals surface area contributed by atoms with Crippen molar-refractivity contribution in [3.8, 4) is 5.75 Å². The Morgan fingerprint density at radius 1 is 1.22 bits per heavy atom. The second-order valence-electron chi connectivity index (χ2n) is 5.41. The number of rotatable bonds is 7. The fraction of sp³-hybridized carbons (Fsp3) is 0.500. The Kier molecular flexibility index (Phi) is 6.93. The van der Waals surface area contributed by atoms with Crippen LogP contribution in [-0.4, -0.2) is 41.9 Å². The van der Waals surface area contributed by atoms with Crippen molar-refractivity contribution >= 4 is 11.8 Å². The lowest BCUT2D eigenvalue weighted by molar-refractivity contribution is -0.141. The highest BCUT2D eigenvalue weighted by Gasteiger charge is 2.23. The average molecular weight is 328 g/mol. The number of nitrogens with one attached hydrogen (secondary N) is 1. The van der Waals surface area contributed by atoms with Crippen molar-refractivity contribution in [3.05, 3.63) is 29.8 Å². The molecule has 0 unspecified atom stereocenters. The van der Waals surface area contributed by atoms with Crippen LogP contribution in [0.15, 0.2) is 18.2 Å². The molecular formula is C16H22F2N2O3. The molecule has 0 aromatic heterocycles. The molecule has 1 atom stereocenters. The zero-order chi connectivity index (χ0) is 17.6. The summed E-state index contributed by atoms with van der Waals surface area (Å²) in [6, 6.07) is 3.02. The fourth-order valence-corrected chi connectivity index (χ4v) is 1.95.